The predicted octanol–water partition coefficient (Wildman–Crippen LogP) is 5.45. The highest BCUT2D eigenvalue weighted by atomic mass is 19.4. The van der Waals surface area contributed by atoms with Crippen LogP contribution in [0.5, 0.6) is 5.75 Å². The van der Waals surface area contributed by atoms with Crippen molar-refractivity contribution < 1.29 is 27.8 Å². The summed E-state index contributed by atoms with van der Waals surface area (Å²) in [6.07, 6.45) is -1.03. The molecule has 1 N–H and O–H groups in total. The first-order valence-corrected chi connectivity index (χ1v) is 11.3. The molecule has 7 heteroatoms. The predicted molar refractivity (Wildman–Crippen MR) is 120 cm³/mol. The maximum Gasteiger partial charge on any atom is 0.416 e. The fourth-order valence-corrected chi connectivity index (χ4v) is 4.55. The smallest absolute Gasteiger partial charge is 0.416 e. The van der Waals surface area contributed by atoms with E-state index in [0.717, 1.165) is 49.3 Å². The van der Waals surface area contributed by atoms with Gasteiger partial charge in [0.25, 0.3) is 0 Å². The molecule has 1 aliphatic heterocycles. The standard InChI is InChI=1S/C26H28F3NO3/c1-17-20(14-30-15-21(16-30)25(31)32)7-6-19-13-23(10-11-24(17)19)33-12-2-3-18-4-8-22(9-5-18)26(27,28)29/h4-5,8-11,13,21H,2-3,6-7,12,14-16H2,1H3,(H,31,32). The van der Waals surface area contributed by atoms with Crippen molar-refractivity contribution in [2.75, 3.05) is 26.2 Å². The molecule has 176 valence electrons. The zero-order valence-corrected chi connectivity index (χ0v) is 18.6. The topological polar surface area (TPSA) is 49.8 Å². The van der Waals surface area contributed by atoms with Gasteiger partial charge < -0.3 is 9.84 Å². The number of allylic oxidation sites excluding steroid dienone is 1. The number of aryl methyl sites for hydroxylation is 2. The number of hydrogen-bond acceptors (Lipinski definition) is 3. The summed E-state index contributed by atoms with van der Waals surface area (Å²) >= 11 is 0. The fraction of sp³-hybridized carbons (Fsp3) is 0.423. The lowest BCUT2D eigenvalue weighted by molar-refractivity contribution is -0.147. The highest BCUT2D eigenvalue weighted by Gasteiger charge is 2.33. The van der Waals surface area contributed by atoms with Crippen LogP contribution in [0.4, 0.5) is 13.2 Å². The van der Waals surface area contributed by atoms with E-state index in [1.54, 1.807) is 0 Å². The van der Waals surface area contributed by atoms with E-state index in [2.05, 4.69) is 24.0 Å². The second-order valence-electron chi connectivity index (χ2n) is 8.92. The van der Waals surface area contributed by atoms with Gasteiger partial charge in [0.1, 0.15) is 5.75 Å². The van der Waals surface area contributed by atoms with Gasteiger partial charge in [-0.3, -0.25) is 9.69 Å². The van der Waals surface area contributed by atoms with Crippen LogP contribution in [0.25, 0.3) is 5.57 Å². The highest BCUT2D eigenvalue weighted by Crippen LogP contribution is 2.34. The number of halogens is 3. The van der Waals surface area contributed by atoms with Crippen molar-refractivity contribution in [3.8, 4) is 5.75 Å². The minimum Gasteiger partial charge on any atom is -0.494 e. The number of aliphatic carboxylic acids is 1. The lowest BCUT2D eigenvalue weighted by Crippen LogP contribution is -2.50. The maximum atomic E-state index is 12.7. The van der Waals surface area contributed by atoms with Gasteiger partial charge in [0, 0.05) is 19.6 Å². The number of carbonyl (C=O) groups is 1. The lowest BCUT2D eigenvalue weighted by atomic mass is 9.85. The van der Waals surface area contributed by atoms with Crippen molar-refractivity contribution in [3.63, 3.8) is 0 Å². The van der Waals surface area contributed by atoms with E-state index in [9.17, 15) is 18.0 Å². The Hall–Kier alpha value is -2.80. The first kappa shape index (κ1) is 23.4. The molecule has 0 amide bonds. The molecule has 1 aliphatic carbocycles. The Kier molecular flexibility index (Phi) is 6.79. The van der Waals surface area contributed by atoms with Gasteiger partial charge in [-0.15, -0.1) is 0 Å². The zero-order valence-electron chi connectivity index (χ0n) is 18.6. The fourth-order valence-electron chi connectivity index (χ4n) is 4.55. The normalized spacial score (nSPS) is 17.0. The molecule has 0 spiro atoms. The number of rotatable bonds is 8. The number of nitrogens with zero attached hydrogens (tertiary/aromatic N) is 1. The maximum absolute atomic E-state index is 12.7. The SMILES string of the molecule is CC1=C(CN2CC(C(=O)O)C2)CCc2cc(OCCCc3ccc(C(F)(F)F)cc3)ccc21. The van der Waals surface area contributed by atoms with Gasteiger partial charge in [-0.05, 0) is 79.1 Å². The van der Waals surface area contributed by atoms with Gasteiger partial charge in [-0.1, -0.05) is 23.8 Å². The number of alkyl halides is 3. The number of likely N-dealkylation sites (tertiary alicyclic amines) is 1. The van der Waals surface area contributed by atoms with Gasteiger partial charge in [-0.25, -0.2) is 0 Å². The molecule has 4 nitrogen and oxygen atoms in total. The second kappa shape index (κ2) is 9.59. The summed E-state index contributed by atoms with van der Waals surface area (Å²) in [5, 5.41) is 9.05. The first-order valence-electron chi connectivity index (χ1n) is 11.3. The quantitative estimate of drug-likeness (QED) is 0.533. The summed E-state index contributed by atoms with van der Waals surface area (Å²) < 4.78 is 43.8. The van der Waals surface area contributed by atoms with Crippen LogP contribution in [0.15, 0.2) is 48.0 Å². The molecular weight excluding hydrogens is 431 g/mol. The third-order valence-electron chi connectivity index (χ3n) is 6.59. The van der Waals surface area contributed by atoms with E-state index < -0.39 is 17.7 Å². The number of carboxylic acid groups (broad SMARTS) is 1. The Morgan fingerprint density at radius 2 is 1.85 bits per heavy atom. The number of fused-ring (bicyclic) bond motifs is 1. The minimum absolute atomic E-state index is 0.235. The number of carboxylic acids is 1. The third kappa shape index (κ3) is 5.58. The Labute approximate surface area is 191 Å². The molecule has 1 fully saturated rings. The summed E-state index contributed by atoms with van der Waals surface area (Å²) in [6, 6.07) is 11.4. The van der Waals surface area contributed by atoms with Crippen molar-refractivity contribution in [1.82, 2.24) is 4.90 Å². The zero-order chi connectivity index (χ0) is 23.6. The number of ether oxygens (including phenoxy) is 1. The molecular formula is C26H28F3NO3. The molecule has 1 heterocycles. The van der Waals surface area contributed by atoms with Crippen molar-refractivity contribution >= 4 is 11.5 Å². The minimum atomic E-state index is -4.30. The second-order valence-corrected chi connectivity index (χ2v) is 8.92. The van der Waals surface area contributed by atoms with Gasteiger partial charge in [0.15, 0.2) is 0 Å². The van der Waals surface area contributed by atoms with E-state index >= 15 is 0 Å². The van der Waals surface area contributed by atoms with Crippen LogP contribution < -0.4 is 4.74 Å². The third-order valence-corrected chi connectivity index (χ3v) is 6.59. The Balaban J connectivity index is 1.27. The van der Waals surface area contributed by atoms with Crippen molar-refractivity contribution in [2.24, 2.45) is 5.92 Å². The highest BCUT2D eigenvalue weighted by molar-refractivity contribution is 5.73. The molecule has 2 aliphatic rings. The molecule has 0 aromatic heterocycles. The average molecular weight is 460 g/mol. The molecule has 1 saturated heterocycles. The lowest BCUT2D eigenvalue weighted by Gasteiger charge is -2.38. The van der Waals surface area contributed by atoms with Gasteiger partial charge in [0.2, 0.25) is 0 Å². The summed E-state index contributed by atoms with van der Waals surface area (Å²) in [5.41, 5.74) is 5.35. The van der Waals surface area contributed by atoms with Crippen molar-refractivity contribution in [2.45, 2.75) is 38.8 Å². The van der Waals surface area contributed by atoms with E-state index in [0.29, 0.717) is 26.1 Å². The van der Waals surface area contributed by atoms with Crippen LogP contribution in [-0.2, 0) is 23.8 Å². The summed E-state index contributed by atoms with van der Waals surface area (Å²) in [7, 11) is 0. The van der Waals surface area contributed by atoms with Crippen LogP contribution >= 0.6 is 0 Å². The number of hydrogen-bond donors (Lipinski definition) is 1. The summed E-state index contributed by atoms with van der Waals surface area (Å²) in [4.78, 5) is 13.2. The molecule has 2 aromatic carbocycles. The van der Waals surface area contributed by atoms with Crippen molar-refractivity contribution in [1.29, 1.82) is 0 Å². The Bertz CT molecular complexity index is 1040. The monoisotopic (exact) mass is 459 g/mol. The molecule has 0 unspecified atom stereocenters. The number of benzene rings is 2. The van der Waals surface area contributed by atoms with Gasteiger partial charge in [0.05, 0.1) is 18.1 Å². The van der Waals surface area contributed by atoms with E-state index in [1.165, 1.54) is 34.4 Å². The van der Waals surface area contributed by atoms with Gasteiger partial charge >= 0.3 is 12.1 Å². The van der Waals surface area contributed by atoms with Crippen LogP contribution in [-0.4, -0.2) is 42.2 Å². The van der Waals surface area contributed by atoms with E-state index in [1.807, 2.05) is 6.07 Å². The first-order chi connectivity index (χ1) is 15.7. The van der Waals surface area contributed by atoms with Crippen LogP contribution in [0.3, 0.4) is 0 Å². The Morgan fingerprint density at radius 1 is 1.12 bits per heavy atom. The Morgan fingerprint density at radius 3 is 2.52 bits per heavy atom. The summed E-state index contributed by atoms with van der Waals surface area (Å²) in [5.74, 6) is -0.136. The largest absolute Gasteiger partial charge is 0.494 e. The molecule has 0 saturated carbocycles. The van der Waals surface area contributed by atoms with Crippen LogP contribution in [0, 0.1) is 5.92 Å². The summed E-state index contributed by atoms with van der Waals surface area (Å²) in [6.45, 7) is 4.71. The van der Waals surface area contributed by atoms with E-state index in [4.69, 9.17) is 9.84 Å². The average Bonchev–Trinajstić information content (AvgIpc) is 2.74. The van der Waals surface area contributed by atoms with Crippen LogP contribution in [0.1, 0.15) is 42.0 Å². The molecule has 0 radical (unpaired) electrons. The molecule has 33 heavy (non-hydrogen) atoms. The molecule has 4 rings (SSSR count). The molecule has 0 atom stereocenters. The van der Waals surface area contributed by atoms with E-state index in [-0.39, 0.29) is 5.92 Å². The van der Waals surface area contributed by atoms with Gasteiger partial charge in [-0.2, -0.15) is 13.2 Å². The molecule has 2 aromatic rings. The van der Waals surface area contributed by atoms with Crippen molar-refractivity contribution in [3.05, 3.63) is 70.3 Å². The van der Waals surface area contributed by atoms with Crippen LogP contribution in [0.2, 0.25) is 0 Å². The molecule has 0 bridgehead atoms.